The lowest BCUT2D eigenvalue weighted by Gasteiger charge is -2.15. The Balaban J connectivity index is 0.00000271. The van der Waals surface area contributed by atoms with E-state index in [1.807, 2.05) is 13.8 Å². The maximum absolute atomic E-state index is 13.3. The van der Waals surface area contributed by atoms with Gasteiger partial charge in [0.2, 0.25) is 5.95 Å². The van der Waals surface area contributed by atoms with E-state index in [0.29, 0.717) is 5.56 Å². The van der Waals surface area contributed by atoms with E-state index in [1.54, 1.807) is 13.0 Å². The van der Waals surface area contributed by atoms with Crippen LogP contribution in [-0.4, -0.2) is 28.8 Å². The van der Waals surface area contributed by atoms with E-state index >= 15 is 0 Å². The molecule has 14 heteroatoms. The number of carbonyl (C=O) groups excluding carboxylic acids is 2. The summed E-state index contributed by atoms with van der Waals surface area (Å²) >= 11 is 0. The highest BCUT2D eigenvalue weighted by molar-refractivity contribution is 6.08. The molecule has 4 aromatic rings. The summed E-state index contributed by atoms with van der Waals surface area (Å²) in [5, 5.41) is 10.6. The maximum atomic E-state index is 13.3. The second-order valence-electron chi connectivity index (χ2n) is 9.37. The van der Waals surface area contributed by atoms with Gasteiger partial charge in [-0.25, -0.2) is 4.98 Å². The lowest BCUT2D eigenvalue weighted by Crippen LogP contribution is -2.17. The number of nitrogens with one attached hydrogen (secondary N) is 4. The smallest absolute Gasteiger partial charge is 0.372 e. The molecule has 0 aliphatic heterocycles. The first kappa shape index (κ1) is 34.4. The number of halogens is 6. The van der Waals surface area contributed by atoms with Crippen molar-refractivity contribution in [2.75, 3.05) is 28.3 Å². The molecule has 0 radical (unpaired) electrons. The van der Waals surface area contributed by atoms with E-state index in [1.165, 1.54) is 50.5 Å². The molecule has 4 rings (SSSR count). The van der Waals surface area contributed by atoms with Gasteiger partial charge < -0.3 is 21.3 Å². The van der Waals surface area contributed by atoms with Crippen LogP contribution in [0.1, 0.15) is 56.8 Å². The van der Waals surface area contributed by atoms with Crippen molar-refractivity contribution in [2.24, 2.45) is 0 Å². The van der Waals surface area contributed by atoms with Gasteiger partial charge in [0.15, 0.2) is 0 Å². The Kier molecular flexibility index (Phi) is 10.8. The summed E-state index contributed by atoms with van der Waals surface area (Å²) in [6.07, 6.45) is -7.97. The van der Waals surface area contributed by atoms with Gasteiger partial charge >= 0.3 is 12.4 Å². The minimum absolute atomic E-state index is 0.00532. The third-order valence-corrected chi connectivity index (χ3v) is 6.27. The average molecular weight is 633 g/mol. The fourth-order valence-electron chi connectivity index (χ4n) is 4.00. The lowest BCUT2D eigenvalue weighted by atomic mass is 10.1. The molecule has 0 saturated carbocycles. The van der Waals surface area contributed by atoms with Crippen molar-refractivity contribution >= 4 is 40.6 Å². The summed E-state index contributed by atoms with van der Waals surface area (Å²) in [6, 6.07) is 12.2. The van der Waals surface area contributed by atoms with Crippen LogP contribution in [0.25, 0.3) is 0 Å². The van der Waals surface area contributed by atoms with Gasteiger partial charge in [0.05, 0.1) is 11.1 Å². The Bertz CT molecular complexity index is 1690. The van der Waals surface area contributed by atoms with Gasteiger partial charge in [-0.15, -0.1) is 0 Å². The number of hydrogen-bond acceptors (Lipinski definition) is 6. The van der Waals surface area contributed by atoms with E-state index in [0.717, 1.165) is 24.3 Å². The van der Waals surface area contributed by atoms with Gasteiger partial charge in [-0.3, -0.25) is 9.59 Å². The van der Waals surface area contributed by atoms with Gasteiger partial charge in [-0.1, -0.05) is 32.0 Å². The molecule has 0 atom stereocenters. The van der Waals surface area contributed by atoms with E-state index < -0.39 is 35.3 Å². The number of aromatic nitrogens is 2. The zero-order valence-electron chi connectivity index (χ0n) is 24.8. The zero-order valence-corrected chi connectivity index (χ0v) is 24.8. The molecule has 0 bridgehead atoms. The molecule has 8 nitrogen and oxygen atoms in total. The summed E-state index contributed by atoms with van der Waals surface area (Å²) in [5.41, 5.74) is -0.725. The van der Waals surface area contributed by atoms with Crippen LogP contribution in [0.2, 0.25) is 0 Å². The summed E-state index contributed by atoms with van der Waals surface area (Å²) < 4.78 is 78.9. The van der Waals surface area contributed by atoms with Crippen molar-refractivity contribution in [3.8, 4) is 0 Å². The SMILES string of the molecule is CC.CNc1nc(Nc2ccc(C)c(C(F)(F)F)c2)ncc1C(=O)Nc1cc(NC(=O)c2cccc(C(F)(F)F)c2)ccc1C. The highest BCUT2D eigenvalue weighted by Crippen LogP contribution is 2.34. The number of benzene rings is 3. The molecule has 0 unspecified atom stereocenters. The summed E-state index contributed by atoms with van der Waals surface area (Å²) in [4.78, 5) is 34.0. The first-order valence-corrected chi connectivity index (χ1v) is 13.6. The third-order valence-electron chi connectivity index (χ3n) is 6.27. The normalized spacial score (nSPS) is 11.2. The van der Waals surface area contributed by atoms with Crippen LogP contribution in [0.5, 0.6) is 0 Å². The maximum Gasteiger partial charge on any atom is 0.416 e. The molecule has 0 aliphatic rings. The number of nitrogens with zero attached hydrogens (tertiary/aromatic N) is 2. The second-order valence-corrected chi connectivity index (χ2v) is 9.37. The third kappa shape index (κ3) is 8.71. The van der Waals surface area contributed by atoms with Gasteiger partial charge in [-0.2, -0.15) is 31.3 Å². The van der Waals surface area contributed by atoms with Crippen molar-refractivity contribution in [3.05, 3.63) is 100 Å². The molecule has 1 heterocycles. The average Bonchev–Trinajstić information content (AvgIpc) is 2.99. The quantitative estimate of drug-likeness (QED) is 0.152. The Labute approximate surface area is 255 Å². The molecule has 0 saturated heterocycles. The first-order chi connectivity index (χ1) is 21.2. The van der Waals surface area contributed by atoms with Gasteiger partial charge in [0, 0.05) is 35.9 Å². The molecule has 1 aromatic heterocycles. The number of aryl methyl sites for hydroxylation is 2. The van der Waals surface area contributed by atoms with Gasteiger partial charge in [-0.05, 0) is 67.4 Å². The molecular weight excluding hydrogens is 602 g/mol. The van der Waals surface area contributed by atoms with Gasteiger partial charge in [0.25, 0.3) is 11.8 Å². The van der Waals surface area contributed by atoms with Crippen molar-refractivity contribution in [3.63, 3.8) is 0 Å². The molecule has 0 spiro atoms. The fraction of sp³-hybridized carbons (Fsp3) is 0.226. The van der Waals surface area contributed by atoms with Crippen molar-refractivity contribution in [2.45, 2.75) is 40.0 Å². The van der Waals surface area contributed by atoms with Crippen LogP contribution in [0.3, 0.4) is 0 Å². The molecule has 2 amide bonds. The Morgan fingerprint density at radius 1 is 0.756 bits per heavy atom. The summed E-state index contributed by atoms with van der Waals surface area (Å²) in [7, 11) is 1.49. The highest BCUT2D eigenvalue weighted by atomic mass is 19.4. The monoisotopic (exact) mass is 632 g/mol. The minimum Gasteiger partial charge on any atom is -0.372 e. The van der Waals surface area contributed by atoms with Crippen LogP contribution in [-0.2, 0) is 12.4 Å². The molecule has 4 N–H and O–H groups in total. The van der Waals surface area contributed by atoms with Crippen LogP contribution < -0.4 is 21.3 Å². The molecule has 0 fully saturated rings. The molecule has 238 valence electrons. The molecule has 3 aromatic carbocycles. The van der Waals surface area contributed by atoms with E-state index in [2.05, 4.69) is 31.2 Å². The second kappa shape index (κ2) is 14.1. The number of alkyl halides is 6. The number of amides is 2. The number of anilines is 5. The van der Waals surface area contributed by atoms with Crippen LogP contribution in [0.15, 0.2) is 66.9 Å². The number of hydrogen-bond donors (Lipinski definition) is 4. The Morgan fingerprint density at radius 3 is 2.07 bits per heavy atom. The van der Waals surface area contributed by atoms with Crippen LogP contribution >= 0.6 is 0 Å². The number of rotatable bonds is 7. The summed E-state index contributed by atoms with van der Waals surface area (Å²) in [5.74, 6) is -1.41. The Morgan fingerprint density at radius 2 is 1.42 bits per heavy atom. The molecule has 0 aliphatic carbocycles. The predicted molar refractivity (Wildman–Crippen MR) is 161 cm³/mol. The van der Waals surface area contributed by atoms with Crippen molar-refractivity contribution in [1.82, 2.24) is 9.97 Å². The lowest BCUT2D eigenvalue weighted by molar-refractivity contribution is -0.138. The first-order valence-electron chi connectivity index (χ1n) is 13.6. The van der Waals surface area contributed by atoms with E-state index in [9.17, 15) is 35.9 Å². The zero-order chi connectivity index (χ0) is 33.5. The van der Waals surface area contributed by atoms with E-state index in [-0.39, 0.29) is 45.5 Å². The van der Waals surface area contributed by atoms with Gasteiger partial charge in [0.1, 0.15) is 11.4 Å². The summed E-state index contributed by atoms with van der Waals surface area (Å²) in [6.45, 7) is 7.03. The van der Waals surface area contributed by atoms with E-state index in [4.69, 9.17) is 0 Å². The topological polar surface area (TPSA) is 108 Å². The molecular formula is C31H30F6N6O2. The largest absolute Gasteiger partial charge is 0.416 e. The number of carbonyl (C=O) groups is 2. The minimum atomic E-state index is -4.61. The predicted octanol–water partition coefficient (Wildman–Crippen LogP) is 8.45. The fourth-order valence-corrected chi connectivity index (χ4v) is 4.00. The van der Waals surface area contributed by atoms with Crippen molar-refractivity contribution in [1.29, 1.82) is 0 Å². The Hall–Kier alpha value is -5.14. The standard InChI is InChI=1S/C29H24F6N6O2.C2H6/c1-15-7-9-19(12-22(15)29(33,34)35)39-27-37-14-21(24(36-3)41-27)26(43)40-23-13-20(10-8-16(23)2)38-25(42)17-5-4-6-18(11-17)28(30,31)32;1-2/h4-14H,1-3H3,(H,38,42)(H,40,43)(H2,36,37,39,41);1-2H3. The van der Waals surface area contributed by atoms with Crippen molar-refractivity contribution < 1.29 is 35.9 Å². The highest BCUT2D eigenvalue weighted by Gasteiger charge is 2.33. The van der Waals surface area contributed by atoms with Crippen LogP contribution in [0.4, 0.5) is 55.2 Å². The van der Waals surface area contributed by atoms with Crippen LogP contribution in [0, 0.1) is 13.8 Å². The molecule has 45 heavy (non-hydrogen) atoms.